The lowest BCUT2D eigenvalue weighted by molar-refractivity contribution is 0.244. The van der Waals surface area contributed by atoms with Crippen LogP contribution in [0.1, 0.15) is 6.92 Å². The smallest absolute Gasteiger partial charge is 0.0188 e. The summed E-state index contributed by atoms with van der Waals surface area (Å²) in [5.74, 6) is 0. The van der Waals surface area contributed by atoms with E-state index in [-0.39, 0.29) is 0 Å². The Morgan fingerprint density at radius 2 is 0.952 bits per heavy atom. The lowest BCUT2D eigenvalue weighted by Crippen LogP contribution is -2.34. The van der Waals surface area contributed by atoms with Crippen LogP contribution in [0.15, 0.2) is 0 Å². The summed E-state index contributed by atoms with van der Waals surface area (Å²) >= 11 is 0. The van der Waals surface area contributed by atoms with Gasteiger partial charge in [0.2, 0.25) is 0 Å². The normalized spacial score (nSPS) is 13.3. The average Bonchev–Trinajstić information content (AvgIpc) is 2.33. The van der Waals surface area contributed by atoms with Crippen LogP contribution in [-0.4, -0.2) is 127 Å². The summed E-state index contributed by atoms with van der Waals surface area (Å²) in [4.78, 5) is 11.2. The summed E-state index contributed by atoms with van der Waals surface area (Å²) in [7, 11) is 19.0. The average molecular weight is 304 g/mol. The van der Waals surface area contributed by atoms with Gasteiger partial charge < -0.3 is 24.5 Å². The zero-order chi connectivity index (χ0) is 17.0. The molecule has 130 valence electrons. The van der Waals surface area contributed by atoms with Crippen LogP contribution in [0.5, 0.6) is 0 Å². The van der Waals surface area contributed by atoms with Gasteiger partial charge in [0.1, 0.15) is 0 Å². The molecule has 0 saturated heterocycles. The van der Waals surface area contributed by atoms with E-state index in [2.05, 4.69) is 94.9 Å². The molecule has 5 nitrogen and oxygen atoms in total. The van der Waals surface area contributed by atoms with Gasteiger partial charge in [-0.05, 0) is 70.4 Å². The van der Waals surface area contributed by atoms with Gasteiger partial charge in [0, 0.05) is 38.8 Å². The largest absolute Gasteiger partial charge is 0.308 e. The Hall–Kier alpha value is -0.200. The van der Waals surface area contributed by atoms with Crippen molar-refractivity contribution < 1.29 is 0 Å². The van der Waals surface area contributed by atoms with Crippen LogP contribution in [0.4, 0.5) is 0 Å². The maximum Gasteiger partial charge on any atom is 0.0188 e. The molecule has 0 aliphatic carbocycles. The maximum absolute atomic E-state index is 2.36. The fourth-order valence-electron chi connectivity index (χ4n) is 1.54. The van der Waals surface area contributed by atoms with Crippen LogP contribution in [0, 0.1) is 0 Å². The van der Waals surface area contributed by atoms with E-state index in [4.69, 9.17) is 0 Å². The van der Waals surface area contributed by atoms with Gasteiger partial charge in [-0.2, -0.15) is 0 Å². The Morgan fingerprint density at radius 1 is 0.571 bits per heavy atom. The molecule has 0 aromatic rings. The molecule has 0 aromatic heterocycles. The highest BCUT2D eigenvalue weighted by Crippen LogP contribution is 1.91. The first-order chi connectivity index (χ1) is 9.56. The first-order valence-corrected chi connectivity index (χ1v) is 7.85. The highest BCUT2D eigenvalue weighted by Gasteiger charge is 2.03. The number of nitrogens with zero attached hydrogens (tertiary/aromatic N) is 5. The third kappa shape index (κ3) is 19.8. The summed E-state index contributed by atoms with van der Waals surface area (Å²) in [6.45, 7) is 7.95. The van der Waals surface area contributed by atoms with Crippen molar-refractivity contribution >= 4 is 0 Å². The Bertz CT molecular complexity index is 205. The zero-order valence-electron chi connectivity index (χ0n) is 16.3. The lowest BCUT2D eigenvalue weighted by Gasteiger charge is -2.22. The second-order valence-corrected chi connectivity index (χ2v) is 6.98. The van der Waals surface area contributed by atoms with E-state index in [0.29, 0.717) is 6.04 Å². The van der Waals surface area contributed by atoms with Crippen molar-refractivity contribution in [1.29, 1.82) is 0 Å². The van der Waals surface area contributed by atoms with Crippen molar-refractivity contribution in [3.63, 3.8) is 0 Å². The quantitative estimate of drug-likeness (QED) is 0.616. The molecule has 0 aromatic carbocycles. The first kappa shape index (κ1) is 23.1. The van der Waals surface area contributed by atoms with Crippen LogP contribution < -0.4 is 0 Å². The number of rotatable bonds is 9. The van der Waals surface area contributed by atoms with Gasteiger partial charge in [-0.15, -0.1) is 0 Å². The molecule has 0 bridgehead atoms. The molecule has 5 heteroatoms. The Labute approximate surface area is 134 Å². The fraction of sp³-hybridized carbons (Fsp3) is 1.00. The van der Waals surface area contributed by atoms with Crippen LogP contribution in [0.2, 0.25) is 0 Å². The van der Waals surface area contributed by atoms with E-state index in [9.17, 15) is 0 Å². The van der Waals surface area contributed by atoms with Gasteiger partial charge in [-0.25, -0.2) is 0 Å². The van der Waals surface area contributed by atoms with Crippen LogP contribution >= 0.6 is 0 Å². The second-order valence-electron chi connectivity index (χ2n) is 6.98. The third-order valence-electron chi connectivity index (χ3n) is 3.37. The Kier molecular flexibility index (Phi) is 14.8. The molecule has 0 saturated carbocycles. The molecule has 1 unspecified atom stereocenters. The molecule has 0 rings (SSSR count). The van der Waals surface area contributed by atoms with Crippen LogP contribution in [0.3, 0.4) is 0 Å². The summed E-state index contributed by atoms with van der Waals surface area (Å²) < 4.78 is 0. The highest BCUT2D eigenvalue weighted by molar-refractivity contribution is 4.61. The molecule has 1 atom stereocenters. The molecule has 0 amide bonds. The van der Waals surface area contributed by atoms with Crippen molar-refractivity contribution in [1.82, 2.24) is 24.5 Å². The van der Waals surface area contributed by atoms with E-state index < -0.39 is 0 Å². The summed E-state index contributed by atoms with van der Waals surface area (Å²) in [6, 6.07) is 0.653. The number of likely N-dealkylation sites (N-methyl/N-ethyl adjacent to an activating group) is 5. The van der Waals surface area contributed by atoms with Crippen molar-refractivity contribution in [3.05, 3.63) is 0 Å². The fourth-order valence-corrected chi connectivity index (χ4v) is 1.54. The highest BCUT2D eigenvalue weighted by atomic mass is 15.2. The van der Waals surface area contributed by atoms with E-state index >= 15 is 0 Å². The summed E-state index contributed by atoms with van der Waals surface area (Å²) in [5.41, 5.74) is 0. The first-order valence-electron chi connectivity index (χ1n) is 7.85. The van der Waals surface area contributed by atoms with E-state index in [1.165, 1.54) is 0 Å². The van der Waals surface area contributed by atoms with Gasteiger partial charge in [-0.3, -0.25) is 0 Å². The minimum absolute atomic E-state index is 0.653. The molecule has 0 aliphatic rings. The minimum atomic E-state index is 0.653. The van der Waals surface area contributed by atoms with Crippen LogP contribution in [-0.2, 0) is 0 Å². The molecule has 21 heavy (non-hydrogen) atoms. The molecule has 0 spiro atoms. The second kappa shape index (κ2) is 13.5. The lowest BCUT2D eigenvalue weighted by atomic mass is 10.3. The van der Waals surface area contributed by atoms with Gasteiger partial charge in [0.15, 0.2) is 0 Å². The van der Waals surface area contributed by atoms with Gasteiger partial charge in [0.25, 0.3) is 0 Å². The van der Waals surface area contributed by atoms with Crippen molar-refractivity contribution in [2.75, 3.05) is 96.2 Å². The predicted molar refractivity (Wildman–Crippen MR) is 96.3 cm³/mol. The van der Waals surface area contributed by atoms with Gasteiger partial charge in [0.05, 0.1) is 0 Å². The molecule has 0 fully saturated rings. The Morgan fingerprint density at radius 3 is 1.14 bits per heavy atom. The topological polar surface area (TPSA) is 16.2 Å². The zero-order valence-corrected chi connectivity index (χ0v) is 16.3. The van der Waals surface area contributed by atoms with Crippen molar-refractivity contribution in [2.24, 2.45) is 0 Å². The van der Waals surface area contributed by atoms with Gasteiger partial charge >= 0.3 is 0 Å². The maximum atomic E-state index is 2.36. The molecular weight excluding hydrogens is 262 g/mol. The minimum Gasteiger partial charge on any atom is -0.308 e. The molecule has 0 heterocycles. The monoisotopic (exact) mass is 303 g/mol. The third-order valence-corrected chi connectivity index (χ3v) is 3.37. The van der Waals surface area contributed by atoms with E-state index in [0.717, 1.165) is 32.7 Å². The summed E-state index contributed by atoms with van der Waals surface area (Å²) in [5, 5.41) is 0. The summed E-state index contributed by atoms with van der Waals surface area (Å²) in [6.07, 6.45) is 0. The van der Waals surface area contributed by atoms with E-state index in [1.54, 1.807) is 0 Å². The van der Waals surface area contributed by atoms with Crippen molar-refractivity contribution in [3.8, 4) is 0 Å². The number of hydrogen-bond donors (Lipinski definition) is 0. The SMILES string of the molecule is CC(CN(C)C)N(C)C.CN(C)CCN(C)CCN(C)C. The van der Waals surface area contributed by atoms with Crippen LogP contribution in [0.25, 0.3) is 0 Å². The standard InChI is InChI=1S/C9H23N3.C7H18N2/c1-10(2)6-8-12(5)9-7-11(3)4;1-7(9(4)5)6-8(2)3/h6-9H2,1-5H3;7H,6H2,1-5H3. The predicted octanol–water partition coefficient (Wildman–Crippen LogP) is 0.540. The number of hydrogen-bond acceptors (Lipinski definition) is 5. The molecule has 0 N–H and O–H groups in total. The van der Waals surface area contributed by atoms with E-state index in [1.807, 2.05) is 0 Å². The van der Waals surface area contributed by atoms with Crippen molar-refractivity contribution in [2.45, 2.75) is 13.0 Å². The molecule has 0 aliphatic heterocycles. The molecule has 0 radical (unpaired) electrons. The Balaban J connectivity index is 0. The molecular formula is C16H41N5. The van der Waals surface area contributed by atoms with Gasteiger partial charge in [-0.1, -0.05) is 0 Å².